The van der Waals surface area contributed by atoms with E-state index in [1.807, 2.05) is 13.0 Å². The van der Waals surface area contributed by atoms with Gasteiger partial charge in [-0.2, -0.15) is 0 Å². The summed E-state index contributed by atoms with van der Waals surface area (Å²) < 4.78 is 0. The van der Waals surface area contributed by atoms with E-state index in [9.17, 15) is 4.79 Å². The van der Waals surface area contributed by atoms with Gasteiger partial charge in [-0.25, -0.2) is 4.79 Å². The van der Waals surface area contributed by atoms with Crippen molar-refractivity contribution in [3.05, 3.63) is 64.3 Å². The molecular formula is C27H36O2. The van der Waals surface area contributed by atoms with Crippen LogP contribution in [0.4, 0.5) is 0 Å². The normalized spacial score (nSPS) is 21.8. The van der Waals surface area contributed by atoms with Crippen LogP contribution >= 0.6 is 0 Å². The Morgan fingerprint density at radius 1 is 0.966 bits per heavy atom. The molecular weight excluding hydrogens is 356 g/mol. The number of benzene rings is 1. The Balaban J connectivity index is 2.07. The summed E-state index contributed by atoms with van der Waals surface area (Å²) in [5.74, 6) is -0.887. The van der Waals surface area contributed by atoms with Crippen LogP contribution in [0.25, 0.3) is 5.57 Å². The molecule has 2 aliphatic rings. The minimum atomic E-state index is -0.887. The highest BCUT2D eigenvalue weighted by atomic mass is 16.4. The molecule has 0 aliphatic heterocycles. The summed E-state index contributed by atoms with van der Waals surface area (Å²) in [7, 11) is 0. The van der Waals surface area contributed by atoms with Crippen molar-refractivity contribution >= 4 is 11.5 Å². The third-order valence-electron chi connectivity index (χ3n) is 6.86. The molecule has 0 saturated carbocycles. The van der Waals surface area contributed by atoms with Crippen molar-refractivity contribution in [2.75, 3.05) is 0 Å². The second-order valence-electron chi connectivity index (χ2n) is 10.2. The number of hydrogen-bond acceptors (Lipinski definition) is 1. The van der Waals surface area contributed by atoms with Crippen LogP contribution in [0.3, 0.4) is 0 Å². The Morgan fingerprint density at radius 2 is 1.62 bits per heavy atom. The molecule has 2 nitrogen and oxygen atoms in total. The van der Waals surface area contributed by atoms with Crippen LogP contribution < -0.4 is 0 Å². The van der Waals surface area contributed by atoms with Gasteiger partial charge in [0.25, 0.3) is 0 Å². The molecule has 0 spiro atoms. The molecule has 0 amide bonds. The predicted molar refractivity (Wildman–Crippen MR) is 122 cm³/mol. The third-order valence-corrected chi connectivity index (χ3v) is 6.86. The molecule has 1 aromatic carbocycles. The lowest BCUT2D eigenvalue weighted by Crippen LogP contribution is -2.33. The fraction of sp³-hybridized carbons (Fsp3) is 0.519. The Labute approximate surface area is 176 Å². The summed E-state index contributed by atoms with van der Waals surface area (Å²) in [6.45, 7) is 11.4. The SMILES string of the molecule is CC(=CC(=O)O)/C=C/C1=C(c2ccc3c(c2)C(C)(C)CCC3(C)C)CCCCC1. The number of aliphatic carboxylic acids is 1. The monoisotopic (exact) mass is 392 g/mol. The zero-order valence-corrected chi connectivity index (χ0v) is 18.8. The van der Waals surface area contributed by atoms with E-state index in [1.54, 1.807) is 0 Å². The number of carboxylic acid groups (broad SMARTS) is 1. The molecule has 0 aromatic heterocycles. The highest BCUT2D eigenvalue weighted by Crippen LogP contribution is 2.47. The number of allylic oxidation sites excluding steroid dienone is 5. The molecule has 0 unspecified atom stereocenters. The molecule has 156 valence electrons. The fourth-order valence-corrected chi connectivity index (χ4v) is 4.87. The van der Waals surface area contributed by atoms with E-state index in [0.717, 1.165) is 18.4 Å². The summed E-state index contributed by atoms with van der Waals surface area (Å²) >= 11 is 0. The zero-order valence-electron chi connectivity index (χ0n) is 18.8. The lowest BCUT2D eigenvalue weighted by Gasteiger charge is -2.42. The van der Waals surface area contributed by atoms with Gasteiger partial charge in [0.2, 0.25) is 0 Å². The molecule has 0 saturated heterocycles. The number of rotatable bonds is 4. The highest BCUT2D eigenvalue weighted by Gasteiger charge is 2.37. The van der Waals surface area contributed by atoms with Crippen LogP contribution in [0.1, 0.15) is 96.3 Å². The fourth-order valence-electron chi connectivity index (χ4n) is 4.87. The van der Waals surface area contributed by atoms with Gasteiger partial charge in [0.15, 0.2) is 0 Å². The molecule has 0 bridgehead atoms. The molecule has 3 rings (SSSR count). The number of carbonyl (C=O) groups is 1. The van der Waals surface area contributed by atoms with Gasteiger partial charge >= 0.3 is 5.97 Å². The van der Waals surface area contributed by atoms with Gasteiger partial charge in [-0.05, 0) is 89.7 Å². The summed E-state index contributed by atoms with van der Waals surface area (Å²) in [4.78, 5) is 10.9. The molecule has 1 aromatic rings. The topological polar surface area (TPSA) is 37.3 Å². The molecule has 2 aliphatic carbocycles. The molecule has 29 heavy (non-hydrogen) atoms. The average molecular weight is 393 g/mol. The van der Waals surface area contributed by atoms with Crippen LogP contribution in [0.2, 0.25) is 0 Å². The summed E-state index contributed by atoms with van der Waals surface area (Å²) in [6, 6.07) is 7.17. The van der Waals surface area contributed by atoms with E-state index in [1.165, 1.54) is 66.0 Å². The van der Waals surface area contributed by atoms with Crippen molar-refractivity contribution in [3.63, 3.8) is 0 Å². The first-order valence-electron chi connectivity index (χ1n) is 11.1. The van der Waals surface area contributed by atoms with Crippen molar-refractivity contribution < 1.29 is 9.90 Å². The van der Waals surface area contributed by atoms with Gasteiger partial charge in [0, 0.05) is 6.08 Å². The first-order chi connectivity index (χ1) is 13.6. The second-order valence-corrected chi connectivity index (χ2v) is 10.2. The van der Waals surface area contributed by atoms with Crippen molar-refractivity contribution in [1.29, 1.82) is 0 Å². The zero-order chi connectivity index (χ0) is 21.2. The molecule has 0 heterocycles. The van der Waals surface area contributed by atoms with Gasteiger partial charge in [-0.15, -0.1) is 0 Å². The first-order valence-corrected chi connectivity index (χ1v) is 11.1. The Morgan fingerprint density at radius 3 is 2.31 bits per heavy atom. The second kappa shape index (κ2) is 8.34. The van der Waals surface area contributed by atoms with Gasteiger partial charge in [0.05, 0.1) is 0 Å². The van der Waals surface area contributed by atoms with E-state index in [2.05, 4.69) is 52.0 Å². The number of hydrogen-bond donors (Lipinski definition) is 1. The van der Waals surface area contributed by atoms with Gasteiger partial charge in [-0.1, -0.05) is 64.5 Å². The van der Waals surface area contributed by atoms with E-state index >= 15 is 0 Å². The smallest absolute Gasteiger partial charge is 0.328 e. The van der Waals surface area contributed by atoms with Crippen LogP contribution in [0.15, 0.2) is 47.6 Å². The number of carboxylic acids is 1. The molecule has 1 N–H and O–H groups in total. The van der Waals surface area contributed by atoms with Crippen molar-refractivity contribution in [2.24, 2.45) is 0 Å². The van der Waals surface area contributed by atoms with Gasteiger partial charge < -0.3 is 5.11 Å². The largest absolute Gasteiger partial charge is 0.478 e. The Kier molecular flexibility index (Phi) is 6.22. The van der Waals surface area contributed by atoms with E-state index in [-0.39, 0.29) is 10.8 Å². The predicted octanol–water partition coefficient (Wildman–Crippen LogP) is 7.34. The van der Waals surface area contributed by atoms with E-state index < -0.39 is 5.97 Å². The summed E-state index contributed by atoms with van der Waals surface area (Å²) in [6.07, 6.45) is 13.7. The van der Waals surface area contributed by atoms with Gasteiger partial charge in [0.1, 0.15) is 0 Å². The number of fused-ring (bicyclic) bond motifs is 1. The third kappa shape index (κ3) is 4.91. The van der Waals surface area contributed by atoms with Crippen LogP contribution in [-0.4, -0.2) is 11.1 Å². The summed E-state index contributed by atoms with van der Waals surface area (Å²) in [5.41, 5.74) is 8.42. The van der Waals surface area contributed by atoms with Crippen molar-refractivity contribution in [1.82, 2.24) is 0 Å². The standard InChI is InChI=1S/C27H36O2/c1-19(17-25(28)29)11-12-20-9-7-6-8-10-22(20)21-13-14-23-24(18-21)27(4,5)16-15-26(23,2)3/h11-14,17-18H,6-10,15-16H2,1-5H3,(H,28,29)/b12-11+,19-17?. The minimum absolute atomic E-state index is 0.211. The lowest BCUT2D eigenvalue weighted by molar-refractivity contribution is -0.131. The van der Waals surface area contributed by atoms with Crippen molar-refractivity contribution in [3.8, 4) is 0 Å². The Bertz CT molecular complexity index is 878. The summed E-state index contributed by atoms with van der Waals surface area (Å²) in [5, 5.41) is 8.98. The molecule has 0 radical (unpaired) electrons. The van der Waals surface area contributed by atoms with Crippen molar-refractivity contribution in [2.45, 2.75) is 90.4 Å². The quantitative estimate of drug-likeness (QED) is 0.430. The maximum absolute atomic E-state index is 10.9. The highest BCUT2D eigenvalue weighted by molar-refractivity contribution is 5.81. The lowest BCUT2D eigenvalue weighted by atomic mass is 9.63. The maximum Gasteiger partial charge on any atom is 0.328 e. The average Bonchev–Trinajstić information content (AvgIpc) is 2.88. The minimum Gasteiger partial charge on any atom is -0.478 e. The van der Waals surface area contributed by atoms with E-state index in [4.69, 9.17) is 5.11 Å². The van der Waals surface area contributed by atoms with E-state index in [0.29, 0.717) is 0 Å². The molecule has 0 fully saturated rings. The molecule has 0 atom stereocenters. The first kappa shape index (κ1) is 21.6. The molecule has 2 heteroatoms. The van der Waals surface area contributed by atoms with Gasteiger partial charge in [-0.3, -0.25) is 0 Å². The van der Waals surface area contributed by atoms with Crippen LogP contribution in [0, 0.1) is 0 Å². The van der Waals surface area contributed by atoms with Crippen LogP contribution in [-0.2, 0) is 15.6 Å². The van der Waals surface area contributed by atoms with Crippen LogP contribution in [0.5, 0.6) is 0 Å². The maximum atomic E-state index is 10.9. The Hall–Kier alpha value is -2.09.